The Morgan fingerprint density at radius 3 is 2.70 bits per heavy atom. The van der Waals surface area contributed by atoms with Crippen LogP contribution >= 0.6 is 11.3 Å². The number of hydrogen-bond acceptors (Lipinski definition) is 5. The minimum absolute atomic E-state index is 0.0448. The van der Waals surface area contributed by atoms with Crippen molar-refractivity contribution in [1.82, 2.24) is 29.8 Å². The average Bonchev–Trinajstić information content (AvgIpc) is 3.71. The monoisotopic (exact) mass is 516 g/mol. The van der Waals surface area contributed by atoms with E-state index in [1.807, 2.05) is 15.9 Å². The molecule has 1 aliphatic carbocycles. The number of rotatable bonds is 4. The van der Waals surface area contributed by atoms with Crippen molar-refractivity contribution in [2.75, 3.05) is 19.6 Å². The van der Waals surface area contributed by atoms with Gasteiger partial charge in [-0.2, -0.15) is 5.10 Å². The fraction of sp³-hybridized carbons (Fsp3) is 0.552. The molecule has 0 radical (unpaired) electrons. The van der Waals surface area contributed by atoms with Gasteiger partial charge >= 0.3 is 0 Å². The van der Waals surface area contributed by atoms with Crippen LogP contribution in [0.2, 0.25) is 0 Å². The minimum atomic E-state index is 0.0448. The van der Waals surface area contributed by atoms with Crippen molar-refractivity contribution in [3.05, 3.63) is 39.7 Å². The molecule has 2 aliphatic heterocycles. The molecule has 4 aromatic rings. The van der Waals surface area contributed by atoms with Crippen molar-refractivity contribution >= 4 is 33.1 Å². The summed E-state index contributed by atoms with van der Waals surface area (Å²) in [7, 11) is 0. The normalized spacial score (nSPS) is 20.6. The first-order valence-corrected chi connectivity index (χ1v) is 14.8. The van der Waals surface area contributed by atoms with Gasteiger partial charge in [-0.15, -0.1) is 11.3 Å². The Hall–Kier alpha value is -2.71. The molecule has 2 N–H and O–H groups in total. The summed E-state index contributed by atoms with van der Waals surface area (Å²) in [6.45, 7) is 9.68. The number of nitrogens with one attached hydrogen (secondary N) is 2. The van der Waals surface area contributed by atoms with E-state index >= 15 is 0 Å². The first-order valence-electron chi connectivity index (χ1n) is 14.0. The van der Waals surface area contributed by atoms with Gasteiger partial charge in [0.2, 0.25) is 5.91 Å². The van der Waals surface area contributed by atoms with Crippen LogP contribution in [-0.4, -0.2) is 56.1 Å². The highest BCUT2D eigenvalue weighted by molar-refractivity contribution is 7.19. The van der Waals surface area contributed by atoms with Gasteiger partial charge in [0.05, 0.1) is 11.7 Å². The third-order valence-corrected chi connectivity index (χ3v) is 10.4. The van der Waals surface area contributed by atoms with Gasteiger partial charge in [-0.25, -0.2) is 9.50 Å². The lowest BCUT2D eigenvalue weighted by Crippen LogP contribution is -2.46. The van der Waals surface area contributed by atoms with Crippen LogP contribution in [0.1, 0.15) is 84.9 Å². The van der Waals surface area contributed by atoms with E-state index < -0.39 is 0 Å². The van der Waals surface area contributed by atoms with Crippen LogP contribution in [0.25, 0.3) is 27.1 Å². The number of amides is 1. The van der Waals surface area contributed by atoms with Crippen LogP contribution in [0.15, 0.2) is 12.5 Å². The van der Waals surface area contributed by atoms with Crippen molar-refractivity contribution < 1.29 is 4.79 Å². The van der Waals surface area contributed by atoms with E-state index in [1.165, 1.54) is 55.0 Å². The molecule has 194 valence electrons. The quantitative estimate of drug-likeness (QED) is 0.385. The third-order valence-electron chi connectivity index (χ3n) is 8.98. The number of hydrogen-bond donors (Lipinski definition) is 2. The van der Waals surface area contributed by atoms with Gasteiger partial charge in [0, 0.05) is 40.7 Å². The zero-order valence-corrected chi connectivity index (χ0v) is 22.9. The van der Waals surface area contributed by atoms with E-state index in [4.69, 9.17) is 0 Å². The summed E-state index contributed by atoms with van der Waals surface area (Å²) in [6.07, 6.45) is 11.5. The van der Waals surface area contributed by atoms with E-state index in [0.717, 1.165) is 63.8 Å². The number of aromatic amines is 1. The highest BCUT2D eigenvalue weighted by Gasteiger charge is 2.33. The minimum Gasteiger partial charge on any atom is -0.346 e. The first-order chi connectivity index (χ1) is 18.0. The van der Waals surface area contributed by atoms with Gasteiger partial charge in [-0.1, -0.05) is 13.8 Å². The predicted molar refractivity (Wildman–Crippen MR) is 149 cm³/mol. The summed E-state index contributed by atoms with van der Waals surface area (Å²) in [6, 6.07) is 0.0448. The van der Waals surface area contributed by atoms with Crippen LogP contribution in [0.3, 0.4) is 0 Å². The van der Waals surface area contributed by atoms with Crippen molar-refractivity contribution in [2.24, 2.45) is 0 Å². The van der Waals surface area contributed by atoms with Gasteiger partial charge < -0.3 is 15.2 Å². The molecular weight excluding hydrogens is 480 g/mol. The van der Waals surface area contributed by atoms with Gasteiger partial charge in [-0.05, 0) is 86.9 Å². The molecule has 1 unspecified atom stereocenters. The maximum Gasteiger partial charge on any atom is 0.239 e. The molecule has 0 saturated carbocycles. The number of aromatic nitrogens is 4. The lowest BCUT2D eigenvalue weighted by molar-refractivity contribution is -0.134. The lowest BCUT2D eigenvalue weighted by Gasteiger charge is -2.33. The van der Waals surface area contributed by atoms with E-state index in [2.05, 4.69) is 52.3 Å². The van der Waals surface area contributed by atoms with Gasteiger partial charge in [0.25, 0.3) is 0 Å². The molecule has 0 spiro atoms. The number of nitrogens with zero attached hydrogens (tertiary/aromatic N) is 4. The second-order valence-electron chi connectivity index (χ2n) is 11.5. The Labute approximate surface area is 221 Å². The van der Waals surface area contributed by atoms with Crippen LogP contribution in [0.5, 0.6) is 0 Å². The molecule has 1 amide bonds. The predicted octanol–water partition coefficient (Wildman–Crippen LogP) is 5.32. The zero-order valence-electron chi connectivity index (χ0n) is 22.1. The summed E-state index contributed by atoms with van der Waals surface area (Å²) in [5.41, 5.74) is 9.27. The number of H-pyrrole nitrogens is 1. The molecule has 4 aromatic heterocycles. The zero-order chi connectivity index (χ0) is 25.3. The molecule has 6 heterocycles. The van der Waals surface area contributed by atoms with Crippen LogP contribution in [-0.2, 0) is 17.6 Å². The lowest BCUT2D eigenvalue weighted by atomic mass is 9.89. The third kappa shape index (κ3) is 3.67. The molecule has 0 bridgehead atoms. The number of thiophene rings is 1. The fourth-order valence-corrected chi connectivity index (χ4v) is 8.57. The van der Waals surface area contributed by atoms with Gasteiger partial charge in [-0.3, -0.25) is 4.79 Å². The summed E-state index contributed by atoms with van der Waals surface area (Å²) in [4.78, 5) is 26.3. The van der Waals surface area contributed by atoms with Crippen molar-refractivity contribution in [2.45, 2.75) is 83.6 Å². The van der Waals surface area contributed by atoms with Crippen molar-refractivity contribution in [1.29, 1.82) is 0 Å². The molecule has 2 saturated heterocycles. The Morgan fingerprint density at radius 1 is 1.14 bits per heavy atom. The van der Waals surface area contributed by atoms with Crippen molar-refractivity contribution in [3.8, 4) is 11.3 Å². The molecule has 8 heteroatoms. The van der Waals surface area contributed by atoms with E-state index in [9.17, 15) is 4.79 Å². The Kier molecular flexibility index (Phi) is 5.66. The molecule has 2 fully saturated rings. The number of carbonyl (C=O) groups is 1. The average molecular weight is 517 g/mol. The second-order valence-corrected chi connectivity index (χ2v) is 12.5. The molecule has 7 rings (SSSR count). The highest BCUT2D eigenvalue weighted by atomic mass is 32.1. The fourth-order valence-electron chi connectivity index (χ4n) is 7.17. The van der Waals surface area contributed by atoms with Crippen LogP contribution < -0.4 is 5.32 Å². The van der Waals surface area contributed by atoms with E-state index in [1.54, 1.807) is 6.33 Å². The molecule has 37 heavy (non-hydrogen) atoms. The topological polar surface area (TPSA) is 78.3 Å². The number of likely N-dealkylation sites (tertiary alicyclic amines) is 1. The number of pyridine rings is 1. The summed E-state index contributed by atoms with van der Waals surface area (Å²) in [5.74, 6) is 1.26. The maximum atomic E-state index is 12.9. The van der Waals surface area contributed by atoms with Crippen LogP contribution in [0, 0.1) is 6.92 Å². The molecule has 0 aromatic carbocycles. The van der Waals surface area contributed by atoms with Crippen molar-refractivity contribution in [3.63, 3.8) is 0 Å². The van der Waals surface area contributed by atoms with E-state index in [0.29, 0.717) is 17.7 Å². The summed E-state index contributed by atoms with van der Waals surface area (Å²) in [5, 5.41) is 9.29. The Bertz CT molecular complexity index is 1500. The maximum absolute atomic E-state index is 12.9. The number of fused-ring (bicyclic) bond motifs is 4. The SMILES string of the molecule is Cc1c(C2CCN(C(=O)C3CCCN3)CC2)sc2[nH]c(-c3cn4ncnc4c4c3CCC4)c(C(C)C)c12. The number of piperidine rings is 1. The van der Waals surface area contributed by atoms with Gasteiger partial charge in [0.15, 0.2) is 5.65 Å². The molecule has 1 atom stereocenters. The van der Waals surface area contributed by atoms with Gasteiger partial charge in [0.1, 0.15) is 11.2 Å². The second kappa shape index (κ2) is 8.95. The first kappa shape index (κ1) is 23.4. The largest absolute Gasteiger partial charge is 0.346 e. The summed E-state index contributed by atoms with van der Waals surface area (Å²) >= 11 is 1.94. The summed E-state index contributed by atoms with van der Waals surface area (Å²) < 4.78 is 1.97. The Morgan fingerprint density at radius 2 is 1.95 bits per heavy atom. The highest BCUT2D eigenvalue weighted by Crippen LogP contribution is 2.47. The number of carbonyl (C=O) groups excluding carboxylic acids is 1. The molecule has 3 aliphatic rings. The van der Waals surface area contributed by atoms with Crippen LogP contribution in [0.4, 0.5) is 0 Å². The smallest absolute Gasteiger partial charge is 0.239 e. The molecular formula is C29H36N6OS. The Balaban J connectivity index is 1.23. The molecule has 7 nitrogen and oxygen atoms in total. The van der Waals surface area contributed by atoms with E-state index in [-0.39, 0.29) is 6.04 Å². The standard InChI is InChI=1S/C29H36N6OS/c1-16(2)23-24-17(3)26(18-9-12-34(13-10-18)29(36)22-8-5-11-30-22)37-28(24)33-25(23)21-14-35-27(31-15-32-35)20-7-4-6-19(20)21/h14-16,18,22,30,33H,4-13H2,1-3H3. The number of aryl methyl sites for hydroxylation is 2.